The molecule has 21 heavy (non-hydrogen) atoms. The Balaban J connectivity index is 2.41. The summed E-state index contributed by atoms with van der Waals surface area (Å²) < 4.78 is 11.9. The van der Waals surface area contributed by atoms with Crippen LogP contribution in [0.3, 0.4) is 0 Å². The van der Waals surface area contributed by atoms with Gasteiger partial charge >= 0.3 is 0 Å². The van der Waals surface area contributed by atoms with Gasteiger partial charge in [-0.1, -0.05) is 64.3 Å². The first kappa shape index (κ1) is 17.8. The zero-order valence-corrected chi connectivity index (χ0v) is 13.6. The largest absolute Gasteiger partial charge is 0.465 e. The van der Waals surface area contributed by atoms with Gasteiger partial charge in [-0.05, 0) is 30.5 Å². The fraction of sp³-hybridized carbons (Fsp3) is 0.579. The van der Waals surface area contributed by atoms with Gasteiger partial charge in [-0.25, -0.2) is 0 Å². The maximum Gasteiger partial charge on any atom is 0.199 e. The van der Waals surface area contributed by atoms with Crippen LogP contribution in [0.5, 0.6) is 5.75 Å². The molecule has 2 heteroatoms. The molecule has 0 aromatic heterocycles. The molecule has 0 fully saturated rings. The molecule has 1 aromatic rings. The molecular weight excluding hydrogens is 260 g/mol. The van der Waals surface area contributed by atoms with Crippen molar-refractivity contribution in [2.75, 3.05) is 6.61 Å². The molecule has 0 aliphatic carbocycles. The Labute approximate surface area is 130 Å². The topological polar surface area (TPSA) is 18.5 Å². The third kappa shape index (κ3) is 7.91. The average Bonchev–Trinajstić information content (AvgIpc) is 2.52. The zero-order valence-electron chi connectivity index (χ0n) is 13.6. The minimum atomic E-state index is -0.124. The van der Waals surface area contributed by atoms with Gasteiger partial charge in [0.1, 0.15) is 5.75 Å². The van der Waals surface area contributed by atoms with Crippen LogP contribution in [0, 0.1) is 0 Å². The molecule has 0 aliphatic rings. The average molecular weight is 290 g/mol. The second-order valence-corrected chi connectivity index (χ2v) is 5.39. The molecule has 0 saturated heterocycles. The summed E-state index contributed by atoms with van der Waals surface area (Å²) in [7, 11) is 0. The van der Waals surface area contributed by atoms with Crippen LogP contribution in [-0.4, -0.2) is 12.9 Å². The van der Waals surface area contributed by atoms with Gasteiger partial charge in [-0.3, -0.25) is 0 Å². The van der Waals surface area contributed by atoms with E-state index in [1.165, 1.54) is 19.3 Å². The van der Waals surface area contributed by atoms with Crippen molar-refractivity contribution < 1.29 is 9.47 Å². The van der Waals surface area contributed by atoms with Crippen molar-refractivity contribution in [3.05, 3.63) is 36.4 Å². The number of rotatable bonds is 12. The van der Waals surface area contributed by atoms with Gasteiger partial charge in [-0.15, -0.1) is 0 Å². The van der Waals surface area contributed by atoms with Gasteiger partial charge in [0.05, 0.1) is 6.61 Å². The molecule has 2 nitrogen and oxygen atoms in total. The van der Waals surface area contributed by atoms with Crippen molar-refractivity contribution in [1.29, 1.82) is 0 Å². The van der Waals surface area contributed by atoms with E-state index >= 15 is 0 Å². The van der Waals surface area contributed by atoms with E-state index in [2.05, 4.69) is 20.4 Å². The highest BCUT2D eigenvalue weighted by atomic mass is 16.7. The number of hydrogen-bond acceptors (Lipinski definition) is 2. The molecule has 0 amide bonds. The second kappa shape index (κ2) is 11.4. The van der Waals surface area contributed by atoms with Crippen molar-refractivity contribution in [1.82, 2.24) is 0 Å². The molecule has 0 aliphatic heterocycles. The van der Waals surface area contributed by atoms with E-state index in [0.29, 0.717) is 0 Å². The molecule has 0 bridgehead atoms. The lowest BCUT2D eigenvalue weighted by Crippen LogP contribution is -2.21. The maximum atomic E-state index is 5.97. The number of unbranched alkanes of at least 4 members (excludes halogenated alkanes) is 4. The van der Waals surface area contributed by atoms with E-state index in [1.807, 2.05) is 30.3 Å². The Morgan fingerprint density at radius 1 is 1.00 bits per heavy atom. The van der Waals surface area contributed by atoms with Gasteiger partial charge in [0, 0.05) is 6.42 Å². The van der Waals surface area contributed by atoms with Crippen molar-refractivity contribution in [2.24, 2.45) is 0 Å². The zero-order chi connectivity index (χ0) is 15.3. The monoisotopic (exact) mass is 290 g/mol. The first-order valence-electron chi connectivity index (χ1n) is 8.30. The summed E-state index contributed by atoms with van der Waals surface area (Å²) >= 11 is 0. The van der Waals surface area contributed by atoms with Crippen LogP contribution in [0.25, 0.3) is 6.08 Å². The van der Waals surface area contributed by atoms with E-state index < -0.39 is 0 Å². The summed E-state index contributed by atoms with van der Waals surface area (Å²) in [6.07, 6.45) is 9.86. The summed E-state index contributed by atoms with van der Waals surface area (Å²) in [6, 6.07) is 7.99. The van der Waals surface area contributed by atoms with Gasteiger partial charge in [0.25, 0.3) is 0 Å². The molecule has 118 valence electrons. The van der Waals surface area contributed by atoms with Crippen molar-refractivity contribution in [2.45, 2.75) is 65.1 Å². The van der Waals surface area contributed by atoms with Crippen LogP contribution in [0.15, 0.2) is 30.8 Å². The first-order chi connectivity index (χ1) is 10.3. The highest BCUT2D eigenvalue weighted by molar-refractivity contribution is 5.48. The lowest BCUT2D eigenvalue weighted by Gasteiger charge is -2.19. The first-order valence-corrected chi connectivity index (χ1v) is 8.30. The Hall–Kier alpha value is -1.28. The third-order valence-corrected chi connectivity index (χ3v) is 3.48. The molecular formula is C19H30O2. The molecule has 1 unspecified atom stereocenters. The fourth-order valence-corrected chi connectivity index (χ4v) is 2.12. The van der Waals surface area contributed by atoms with Gasteiger partial charge in [-0.2, -0.15) is 0 Å². The van der Waals surface area contributed by atoms with Crippen LogP contribution < -0.4 is 4.74 Å². The molecule has 0 saturated carbocycles. The predicted octanol–water partition coefficient (Wildman–Crippen LogP) is 5.82. The SMILES string of the molecule is C=Cc1ccc(OC(CCCC)OCCCCCC)cc1. The quantitative estimate of drug-likeness (QED) is 0.356. The molecule has 0 radical (unpaired) electrons. The fourth-order valence-electron chi connectivity index (χ4n) is 2.12. The van der Waals surface area contributed by atoms with E-state index in [9.17, 15) is 0 Å². The predicted molar refractivity (Wildman–Crippen MR) is 90.6 cm³/mol. The summed E-state index contributed by atoms with van der Waals surface area (Å²) in [6.45, 7) is 8.97. The van der Waals surface area contributed by atoms with E-state index in [-0.39, 0.29) is 6.29 Å². The molecule has 1 aromatic carbocycles. The maximum absolute atomic E-state index is 5.97. The van der Waals surface area contributed by atoms with Crippen LogP contribution in [0.1, 0.15) is 64.4 Å². The number of benzene rings is 1. The summed E-state index contributed by atoms with van der Waals surface area (Å²) in [4.78, 5) is 0. The standard InChI is InChI=1S/C19H30O2/c1-4-7-9-10-16-20-19(11-8-5-2)21-18-14-12-17(6-3)13-15-18/h6,12-15,19H,3-5,7-11,16H2,1-2H3. The second-order valence-electron chi connectivity index (χ2n) is 5.39. The Morgan fingerprint density at radius 3 is 2.33 bits per heavy atom. The van der Waals surface area contributed by atoms with Crippen LogP contribution in [0.4, 0.5) is 0 Å². The highest BCUT2D eigenvalue weighted by Crippen LogP contribution is 2.17. The van der Waals surface area contributed by atoms with Crippen LogP contribution in [-0.2, 0) is 4.74 Å². The Morgan fingerprint density at radius 2 is 1.71 bits per heavy atom. The van der Waals surface area contributed by atoms with Crippen molar-refractivity contribution in [3.8, 4) is 5.75 Å². The number of ether oxygens (including phenoxy) is 2. The Bertz CT molecular complexity index is 370. The minimum Gasteiger partial charge on any atom is -0.465 e. The highest BCUT2D eigenvalue weighted by Gasteiger charge is 2.10. The van der Waals surface area contributed by atoms with Crippen molar-refractivity contribution in [3.63, 3.8) is 0 Å². The molecule has 0 N–H and O–H groups in total. The smallest absolute Gasteiger partial charge is 0.199 e. The molecule has 0 heterocycles. The van der Waals surface area contributed by atoms with Gasteiger partial charge < -0.3 is 9.47 Å². The normalized spacial score (nSPS) is 12.1. The molecule has 1 rings (SSSR count). The summed E-state index contributed by atoms with van der Waals surface area (Å²) in [5.74, 6) is 0.871. The minimum absolute atomic E-state index is 0.124. The molecule has 1 atom stereocenters. The van der Waals surface area contributed by atoms with Gasteiger partial charge in [0.2, 0.25) is 0 Å². The van der Waals surface area contributed by atoms with Crippen LogP contribution in [0.2, 0.25) is 0 Å². The van der Waals surface area contributed by atoms with Crippen LogP contribution >= 0.6 is 0 Å². The third-order valence-electron chi connectivity index (χ3n) is 3.48. The summed E-state index contributed by atoms with van der Waals surface area (Å²) in [5.41, 5.74) is 1.10. The lowest BCUT2D eigenvalue weighted by molar-refractivity contribution is -0.0863. The lowest BCUT2D eigenvalue weighted by atomic mass is 10.2. The van der Waals surface area contributed by atoms with E-state index in [1.54, 1.807) is 0 Å². The molecule has 0 spiro atoms. The van der Waals surface area contributed by atoms with E-state index in [4.69, 9.17) is 9.47 Å². The van der Waals surface area contributed by atoms with E-state index in [0.717, 1.165) is 43.6 Å². The Kier molecular flexibility index (Phi) is 9.64. The number of hydrogen-bond donors (Lipinski definition) is 0. The summed E-state index contributed by atoms with van der Waals surface area (Å²) in [5, 5.41) is 0. The van der Waals surface area contributed by atoms with Gasteiger partial charge in [0.15, 0.2) is 6.29 Å². The van der Waals surface area contributed by atoms with Crippen molar-refractivity contribution >= 4 is 6.08 Å².